The number of nitrogens with one attached hydrogen (secondary N) is 3. The third kappa shape index (κ3) is 6.60. The summed E-state index contributed by atoms with van der Waals surface area (Å²) in [6, 6.07) is 12.4. The van der Waals surface area contributed by atoms with E-state index in [2.05, 4.69) is 51.0 Å². The highest BCUT2D eigenvalue weighted by Crippen LogP contribution is 2.17. The molecule has 7 nitrogen and oxygen atoms in total. The quantitative estimate of drug-likeness (QED) is 0.266. The minimum Gasteiger partial charge on any atom is -0.469 e. The lowest BCUT2D eigenvalue weighted by molar-refractivity contribution is 0.0377. The average Bonchev–Trinajstić information content (AvgIpc) is 3.47. The molecule has 3 heterocycles. The van der Waals surface area contributed by atoms with E-state index in [1.54, 1.807) is 6.26 Å². The Hall–Kier alpha value is -2.77. The molecule has 1 aliphatic rings. The van der Waals surface area contributed by atoms with E-state index in [1.165, 1.54) is 16.5 Å². The first-order chi connectivity index (χ1) is 15.4. The molecule has 1 aliphatic heterocycles. The van der Waals surface area contributed by atoms with Crippen molar-refractivity contribution in [2.45, 2.75) is 19.3 Å². The summed E-state index contributed by atoms with van der Waals surface area (Å²) in [5, 5.41) is 8.24. The van der Waals surface area contributed by atoms with Crippen LogP contribution in [0, 0.1) is 0 Å². The number of aliphatic imine (C=N–C) groups is 1. The SMILES string of the molecule is c1coc(CCNC(=NCCCN2CCOCC2)NCCc2c[nH]c3ccccc23)c1. The van der Waals surface area contributed by atoms with Crippen molar-refractivity contribution in [3.63, 3.8) is 0 Å². The van der Waals surface area contributed by atoms with Crippen LogP contribution in [0.4, 0.5) is 0 Å². The summed E-state index contributed by atoms with van der Waals surface area (Å²) in [6.07, 6.45) is 6.65. The summed E-state index contributed by atoms with van der Waals surface area (Å²) < 4.78 is 10.9. The van der Waals surface area contributed by atoms with E-state index in [0.717, 1.165) is 83.5 Å². The lowest BCUT2D eigenvalue weighted by Crippen LogP contribution is -2.40. The molecule has 31 heavy (non-hydrogen) atoms. The van der Waals surface area contributed by atoms with Crippen molar-refractivity contribution in [1.82, 2.24) is 20.5 Å². The van der Waals surface area contributed by atoms with E-state index in [4.69, 9.17) is 14.1 Å². The van der Waals surface area contributed by atoms with Crippen molar-refractivity contribution < 1.29 is 9.15 Å². The Labute approximate surface area is 183 Å². The van der Waals surface area contributed by atoms with Crippen LogP contribution < -0.4 is 10.6 Å². The van der Waals surface area contributed by atoms with Gasteiger partial charge in [-0.05, 0) is 36.6 Å². The van der Waals surface area contributed by atoms with Gasteiger partial charge in [0.1, 0.15) is 5.76 Å². The fourth-order valence-electron chi connectivity index (χ4n) is 3.90. The summed E-state index contributed by atoms with van der Waals surface area (Å²) in [6.45, 7) is 7.24. The predicted molar refractivity (Wildman–Crippen MR) is 125 cm³/mol. The molecule has 1 aromatic carbocycles. The Kier molecular flexibility index (Phi) is 8.01. The summed E-state index contributed by atoms with van der Waals surface area (Å²) in [5.74, 6) is 1.85. The van der Waals surface area contributed by atoms with E-state index in [-0.39, 0.29) is 0 Å². The van der Waals surface area contributed by atoms with Crippen molar-refractivity contribution >= 4 is 16.9 Å². The minimum absolute atomic E-state index is 0.788. The van der Waals surface area contributed by atoms with Gasteiger partial charge in [0.2, 0.25) is 0 Å². The number of rotatable bonds is 10. The fourth-order valence-corrected chi connectivity index (χ4v) is 3.90. The van der Waals surface area contributed by atoms with Gasteiger partial charge in [-0.3, -0.25) is 9.89 Å². The van der Waals surface area contributed by atoms with Crippen LogP contribution in [-0.4, -0.2) is 68.3 Å². The average molecular weight is 424 g/mol. The summed E-state index contributed by atoms with van der Waals surface area (Å²) >= 11 is 0. The second-order valence-electron chi connectivity index (χ2n) is 7.83. The van der Waals surface area contributed by atoms with Gasteiger partial charge in [0.15, 0.2) is 5.96 Å². The lowest BCUT2D eigenvalue weighted by Gasteiger charge is -2.26. The number of hydrogen-bond acceptors (Lipinski definition) is 4. The van der Waals surface area contributed by atoms with Gasteiger partial charge in [0.25, 0.3) is 0 Å². The summed E-state index contributed by atoms with van der Waals surface area (Å²) in [4.78, 5) is 10.6. The fraction of sp³-hybridized carbons (Fsp3) is 0.458. The van der Waals surface area contributed by atoms with E-state index in [0.29, 0.717) is 0 Å². The van der Waals surface area contributed by atoms with Crippen LogP contribution in [0.1, 0.15) is 17.7 Å². The standard InChI is InChI=1S/C24H33N5O2/c1-2-7-23-22(6-1)20(19-28-23)8-11-26-24(27-12-9-21-5-3-16-31-21)25-10-4-13-29-14-17-30-18-15-29/h1-3,5-7,16,19,28H,4,8-15,17-18H2,(H2,25,26,27). The molecule has 0 amide bonds. The van der Waals surface area contributed by atoms with Crippen molar-refractivity contribution in [3.8, 4) is 0 Å². The largest absolute Gasteiger partial charge is 0.469 e. The molecule has 0 aliphatic carbocycles. The summed E-state index contributed by atoms with van der Waals surface area (Å²) in [7, 11) is 0. The highest BCUT2D eigenvalue weighted by molar-refractivity contribution is 5.83. The number of benzene rings is 1. The number of hydrogen-bond donors (Lipinski definition) is 3. The minimum atomic E-state index is 0.788. The molecule has 3 aromatic rings. The Bertz CT molecular complexity index is 929. The molecule has 0 unspecified atom stereocenters. The van der Waals surface area contributed by atoms with E-state index >= 15 is 0 Å². The zero-order chi connectivity index (χ0) is 21.1. The molecule has 0 spiro atoms. The van der Waals surface area contributed by atoms with Crippen LogP contribution in [0.2, 0.25) is 0 Å². The number of nitrogens with zero attached hydrogens (tertiary/aromatic N) is 2. The summed E-state index contributed by atoms with van der Waals surface area (Å²) in [5.41, 5.74) is 2.51. The Morgan fingerprint density at radius 3 is 2.71 bits per heavy atom. The molecule has 4 rings (SSSR count). The van der Waals surface area contributed by atoms with Crippen molar-refractivity contribution in [1.29, 1.82) is 0 Å². The first kappa shape index (κ1) is 21.5. The second-order valence-corrected chi connectivity index (χ2v) is 7.83. The molecule has 166 valence electrons. The molecular formula is C24H33N5O2. The number of aromatic amines is 1. The molecule has 0 radical (unpaired) electrons. The van der Waals surface area contributed by atoms with E-state index in [9.17, 15) is 0 Å². The first-order valence-electron chi connectivity index (χ1n) is 11.3. The van der Waals surface area contributed by atoms with Crippen LogP contribution in [-0.2, 0) is 17.6 Å². The number of para-hydroxylation sites is 1. The van der Waals surface area contributed by atoms with Gasteiger partial charge in [0, 0.05) is 62.8 Å². The van der Waals surface area contributed by atoms with Crippen LogP contribution in [0.25, 0.3) is 10.9 Å². The molecule has 1 fully saturated rings. The molecule has 0 saturated carbocycles. The van der Waals surface area contributed by atoms with Crippen molar-refractivity contribution in [2.75, 3.05) is 52.5 Å². The molecule has 7 heteroatoms. The number of fused-ring (bicyclic) bond motifs is 1. The van der Waals surface area contributed by atoms with Gasteiger partial charge in [0.05, 0.1) is 19.5 Å². The van der Waals surface area contributed by atoms with Gasteiger partial charge >= 0.3 is 0 Å². The zero-order valence-corrected chi connectivity index (χ0v) is 18.1. The van der Waals surface area contributed by atoms with Gasteiger partial charge in [-0.2, -0.15) is 0 Å². The van der Waals surface area contributed by atoms with Gasteiger partial charge < -0.3 is 24.8 Å². The van der Waals surface area contributed by atoms with E-state index < -0.39 is 0 Å². The van der Waals surface area contributed by atoms with Crippen LogP contribution in [0.5, 0.6) is 0 Å². The van der Waals surface area contributed by atoms with Crippen LogP contribution in [0.15, 0.2) is 58.3 Å². The molecule has 0 bridgehead atoms. The highest BCUT2D eigenvalue weighted by atomic mass is 16.5. The Balaban J connectivity index is 1.26. The number of H-pyrrole nitrogens is 1. The highest BCUT2D eigenvalue weighted by Gasteiger charge is 2.09. The normalized spacial score (nSPS) is 15.4. The Morgan fingerprint density at radius 2 is 1.87 bits per heavy atom. The predicted octanol–water partition coefficient (Wildman–Crippen LogP) is 2.80. The van der Waals surface area contributed by atoms with E-state index in [1.807, 2.05) is 12.1 Å². The third-order valence-corrected chi connectivity index (χ3v) is 5.61. The first-order valence-corrected chi connectivity index (χ1v) is 11.3. The Morgan fingerprint density at radius 1 is 1.03 bits per heavy atom. The van der Waals surface area contributed by atoms with Crippen molar-refractivity contribution in [3.05, 3.63) is 60.2 Å². The van der Waals surface area contributed by atoms with Gasteiger partial charge in [-0.15, -0.1) is 0 Å². The molecule has 2 aromatic heterocycles. The maximum Gasteiger partial charge on any atom is 0.191 e. The number of aromatic nitrogens is 1. The smallest absolute Gasteiger partial charge is 0.191 e. The molecular weight excluding hydrogens is 390 g/mol. The molecule has 3 N–H and O–H groups in total. The lowest BCUT2D eigenvalue weighted by atomic mass is 10.1. The number of morpholine rings is 1. The topological polar surface area (TPSA) is 77.8 Å². The third-order valence-electron chi connectivity index (χ3n) is 5.61. The second kappa shape index (κ2) is 11.6. The number of ether oxygens (including phenoxy) is 1. The zero-order valence-electron chi connectivity index (χ0n) is 18.1. The van der Waals surface area contributed by atoms with Crippen LogP contribution >= 0.6 is 0 Å². The maximum atomic E-state index is 5.43. The van der Waals surface area contributed by atoms with Gasteiger partial charge in [-0.25, -0.2) is 0 Å². The maximum absolute atomic E-state index is 5.43. The molecule has 1 saturated heterocycles. The van der Waals surface area contributed by atoms with Crippen molar-refractivity contribution in [2.24, 2.45) is 4.99 Å². The number of guanidine groups is 1. The molecule has 0 atom stereocenters. The van der Waals surface area contributed by atoms with Gasteiger partial charge in [-0.1, -0.05) is 18.2 Å². The van der Waals surface area contributed by atoms with Crippen LogP contribution in [0.3, 0.4) is 0 Å². The monoisotopic (exact) mass is 423 g/mol. The number of furan rings is 1.